The van der Waals surface area contributed by atoms with Gasteiger partial charge >= 0.3 is 29.6 Å². The Labute approximate surface area is 285 Å². The number of thioether (sulfide) groups is 1. The number of rotatable bonds is 14. The van der Waals surface area contributed by atoms with Gasteiger partial charge in [0, 0.05) is 24.4 Å². The van der Waals surface area contributed by atoms with Crippen LogP contribution in [0.4, 0.5) is 10.6 Å². The first-order chi connectivity index (χ1) is 23.5. The number of urea groups is 1. The summed E-state index contributed by atoms with van der Waals surface area (Å²) in [5.74, 6) is -5.32. The van der Waals surface area contributed by atoms with E-state index in [9.17, 15) is 49.2 Å². The third-order valence-electron chi connectivity index (χ3n) is 8.10. The maximum Gasteiger partial charge on any atom is 0.351 e. The molecular formula is C26H38N8O15S. The van der Waals surface area contributed by atoms with Crippen LogP contribution in [0.3, 0.4) is 0 Å². The van der Waals surface area contributed by atoms with Gasteiger partial charge in [0.05, 0.1) is 6.04 Å². The number of nitrogens with one attached hydrogen (secondary N) is 2. The number of nitrogen functional groups attached to an aromatic ring is 1. The van der Waals surface area contributed by atoms with Crippen molar-refractivity contribution in [3.63, 3.8) is 0 Å². The summed E-state index contributed by atoms with van der Waals surface area (Å²) < 4.78 is 23.8. The number of fused-ring (bicyclic) bond motifs is 1. The van der Waals surface area contributed by atoms with E-state index in [1.807, 2.05) is 0 Å². The number of nitrogens with zero attached hydrogens (tertiary/aromatic N) is 2. The highest BCUT2D eigenvalue weighted by atomic mass is 32.2. The highest BCUT2D eigenvalue weighted by molar-refractivity contribution is 7.99. The van der Waals surface area contributed by atoms with E-state index in [0.29, 0.717) is 0 Å². The Balaban J connectivity index is 1.52. The van der Waals surface area contributed by atoms with E-state index in [1.165, 1.54) is 6.07 Å². The number of amides is 3. The van der Waals surface area contributed by atoms with E-state index in [2.05, 4.69) is 15.6 Å². The van der Waals surface area contributed by atoms with Gasteiger partial charge in [-0.25, -0.2) is 19.2 Å². The number of nitrogens with two attached hydrogens (primary N) is 4. The first-order valence-corrected chi connectivity index (χ1v) is 16.1. The molecule has 0 aliphatic carbocycles. The van der Waals surface area contributed by atoms with E-state index in [4.69, 9.17) is 47.0 Å². The molecule has 0 aromatic carbocycles. The molecule has 4 rings (SSSR count). The summed E-state index contributed by atoms with van der Waals surface area (Å²) >= 11 is 1.06. The molecule has 13 unspecified atom stereocenters. The summed E-state index contributed by atoms with van der Waals surface area (Å²) in [6.07, 6.45) is -14.3. The molecule has 24 heteroatoms. The topological polar surface area (TPSA) is 386 Å². The predicted molar refractivity (Wildman–Crippen MR) is 165 cm³/mol. The van der Waals surface area contributed by atoms with E-state index in [0.717, 1.165) is 22.5 Å². The van der Waals surface area contributed by atoms with E-state index >= 15 is 0 Å². The number of aromatic nitrogens is 2. The van der Waals surface area contributed by atoms with Crippen molar-refractivity contribution in [1.29, 1.82) is 0 Å². The van der Waals surface area contributed by atoms with Crippen LogP contribution in [0, 0.1) is 0 Å². The Morgan fingerprint density at radius 1 is 1.08 bits per heavy atom. The zero-order valence-electron chi connectivity index (χ0n) is 25.9. The number of anilines is 1. The van der Waals surface area contributed by atoms with Gasteiger partial charge in [-0.1, -0.05) is 0 Å². The molecule has 1 aromatic rings. The third-order valence-corrected chi connectivity index (χ3v) is 9.22. The molecule has 0 spiro atoms. The highest BCUT2D eigenvalue weighted by Crippen LogP contribution is 2.39. The third kappa shape index (κ3) is 8.77. The zero-order valence-corrected chi connectivity index (χ0v) is 26.7. The molecule has 3 aliphatic rings. The quantitative estimate of drug-likeness (QED) is 0.0793. The molecule has 0 radical (unpaired) electrons. The normalized spacial score (nSPS) is 33.4. The number of hydrogen-bond acceptors (Lipinski definition) is 17. The van der Waals surface area contributed by atoms with E-state index < -0.39 is 115 Å². The molecule has 3 amide bonds. The fourth-order valence-electron chi connectivity index (χ4n) is 5.60. The lowest BCUT2D eigenvalue weighted by Crippen LogP contribution is -2.68. The maximum absolute atomic E-state index is 13.1. The van der Waals surface area contributed by atoms with Crippen molar-refractivity contribution in [2.24, 2.45) is 17.2 Å². The molecule has 278 valence electrons. The fraction of sp³-hybridized carbons (Fsp3) is 0.654. The van der Waals surface area contributed by atoms with Crippen LogP contribution in [-0.2, 0) is 38.1 Å². The first-order valence-electron chi connectivity index (χ1n) is 15.0. The number of carbonyl (C=O) groups excluding carboxylic acids is 2. The second-order valence-electron chi connectivity index (χ2n) is 11.6. The molecule has 4 heterocycles. The predicted octanol–water partition coefficient (Wildman–Crippen LogP) is -5.73. The van der Waals surface area contributed by atoms with E-state index in [-0.39, 0.29) is 30.2 Å². The molecule has 15 N–H and O–H groups in total. The molecular weight excluding hydrogens is 696 g/mol. The van der Waals surface area contributed by atoms with Crippen molar-refractivity contribution in [2.45, 2.75) is 92.3 Å². The molecule has 1 aromatic heterocycles. The monoisotopic (exact) mass is 734 g/mol. The van der Waals surface area contributed by atoms with Crippen LogP contribution in [0.1, 0.15) is 19.1 Å². The summed E-state index contributed by atoms with van der Waals surface area (Å²) in [5, 5.41) is 55.1. The maximum atomic E-state index is 13.1. The smallest absolute Gasteiger partial charge is 0.351 e. The average Bonchev–Trinajstić information content (AvgIpc) is 3.36. The molecule has 3 aliphatic heterocycles. The molecule has 0 saturated carbocycles. The van der Waals surface area contributed by atoms with Crippen molar-refractivity contribution in [3.8, 4) is 0 Å². The van der Waals surface area contributed by atoms with E-state index in [1.54, 1.807) is 0 Å². The number of carboxylic acid groups (broad SMARTS) is 3. The Morgan fingerprint density at radius 3 is 2.38 bits per heavy atom. The van der Waals surface area contributed by atoms with Crippen LogP contribution in [0.15, 0.2) is 17.1 Å². The summed E-state index contributed by atoms with van der Waals surface area (Å²) in [5.41, 5.74) is 21.5. The molecule has 3 fully saturated rings. The molecule has 13 atom stereocenters. The lowest BCUT2D eigenvalue weighted by atomic mass is 9.90. The molecule has 50 heavy (non-hydrogen) atoms. The number of carbonyl (C=O) groups is 5. The number of aliphatic hydroxyl groups excluding tert-OH is 2. The average molecular weight is 735 g/mol. The zero-order chi connectivity index (χ0) is 37.0. The number of aliphatic carboxylic acids is 3. The SMILES string of the molecule is NC(=O)NC1C(OC2OC(C(=O)NC(CCSCC(N)C(=O)O)C(=O)O)CC(N)C2O)C(C(=O)O)OC2C(O)C(n3ccc(N)nc3=O)OC12. The number of aliphatic hydroxyl groups is 2. The van der Waals surface area contributed by atoms with Gasteiger partial charge < -0.3 is 78.0 Å². The van der Waals surface area contributed by atoms with Crippen LogP contribution in [-0.4, -0.2) is 150 Å². The summed E-state index contributed by atoms with van der Waals surface area (Å²) in [6.45, 7) is 0. The minimum atomic E-state index is -2.00. The largest absolute Gasteiger partial charge is 0.480 e. The second kappa shape index (κ2) is 16.3. The van der Waals surface area contributed by atoms with Crippen LogP contribution in [0.5, 0.6) is 0 Å². The van der Waals surface area contributed by atoms with Crippen molar-refractivity contribution < 1.29 is 68.5 Å². The summed E-state index contributed by atoms with van der Waals surface area (Å²) in [4.78, 5) is 76.5. The Bertz CT molecular complexity index is 1500. The number of primary amides is 1. The van der Waals surface area contributed by atoms with Gasteiger partial charge in [0.15, 0.2) is 18.6 Å². The number of ether oxygens (including phenoxy) is 4. The standard InChI is InChI=1S/C26H38N8O15S/c27-7-5-10(19(37)31-9(22(40)41)2-4-50-6-8(28)21(38)39)46-24(13(7)35)49-16-12(33-25(30)44)15-17(47-18(16)23(42)43)14(36)20(48-15)34-3-1-11(29)32-26(34)45/h1,3,7-10,12-18,20,24,35-36H,2,4-6,27-28H2,(H,31,37)(H,38,39)(H,40,41)(H,42,43)(H2,29,32,45)(H3,30,33,44). The Morgan fingerprint density at radius 2 is 1.78 bits per heavy atom. The summed E-state index contributed by atoms with van der Waals surface area (Å²) in [6, 6.07) is -5.36. The van der Waals surface area contributed by atoms with Crippen LogP contribution < -0.4 is 39.3 Å². The van der Waals surface area contributed by atoms with Gasteiger partial charge in [0.25, 0.3) is 0 Å². The lowest BCUT2D eigenvalue weighted by molar-refractivity contribution is -0.291. The van der Waals surface area contributed by atoms with Gasteiger partial charge in [0.1, 0.15) is 54.5 Å². The Kier molecular flexibility index (Phi) is 12.6. The minimum absolute atomic E-state index is 0.00962. The van der Waals surface area contributed by atoms with Crippen molar-refractivity contribution >= 4 is 47.4 Å². The molecule has 3 saturated heterocycles. The Hall–Kier alpha value is -4.14. The minimum Gasteiger partial charge on any atom is -0.480 e. The lowest BCUT2D eigenvalue weighted by Gasteiger charge is -2.45. The van der Waals surface area contributed by atoms with Crippen molar-refractivity contribution in [2.75, 3.05) is 17.2 Å². The van der Waals surface area contributed by atoms with Crippen molar-refractivity contribution in [3.05, 3.63) is 22.7 Å². The fourth-order valence-corrected chi connectivity index (χ4v) is 6.57. The van der Waals surface area contributed by atoms with Crippen LogP contribution in [0.25, 0.3) is 0 Å². The van der Waals surface area contributed by atoms with Gasteiger partial charge in [-0.15, -0.1) is 0 Å². The molecule has 23 nitrogen and oxygen atoms in total. The van der Waals surface area contributed by atoms with Gasteiger partial charge in [-0.2, -0.15) is 16.7 Å². The number of hydrogen-bond donors (Lipinski definition) is 11. The number of carboxylic acids is 3. The van der Waals surface area contributed by atoms with Gasteiger partial charge in [-0.3, -0.25) is 14.2 Å². The van der Waals surface area contributed by atoms with Crippen LogP contribution in [0.2, 0.25) is 0 Å². The second-order valence-corrected chi connectivity index (χ2v) is 12.8. The summed E-state index contributed by atoms with van der Waals surface area (Å²) in [7, 11) is 0. The van der Waals surface area contributed by atoms with Gasteiger partial charge in [0.2, 0.25) is 5.91 Å². The molecule has 0 bridgehead atoms. The first kappa shape index (κ1) is 38.7. The van der Waals surface area contributed by atoms with Crippen molar-refractivity contribution in [1.82, 2.24) is 20.2 Å². The van der Waals surface area contributed by atoms with Crippen LogP contribution >= 0.6 is 11.8 Å². The van der Waals surface area contributed by atoms with Gasteiger partial charge in [-0.05, 0) is 18.2 Å². The highest BCUT2D eigenvalue weighted by Gasteiger charge is 2.60.